The molecule has 0 spiro atoms. The summed E-state index contributed by atoms with van der Waals surface area (Å²) in [6, 6.07) is 11.1. The van der Waals surface area contributed by atoms with E-state index in [1.165, 1.54) is 24.3 Å². The van der Waals surface area contributed by atoms with Gasteiger partial charge in [-0.25, -0.2) is 4.39 Å². The number of aryl methyl sites for hydroxylation is 1. The number of anilines is 1. The van der Waals surface area contributed by atoms with Gasteiger partial charge in [-0.2, -0.15) is 0 Å². The van der Waals surface area contributed by atoms with Crippen LogP contribution >= 0.6 is 0 Å². The zero-order valence-electron chi connectivity index (χ0n) is 10.6. The first-order valence-electron chi connectivity index (χ1n) is 5.96. The van der Waals surface area contributed by atoms with Gasteiger partial charge in [0.1, 0.15) is 5.82 Å². The molecule has 2 aromatic rings. The number of nitrogens with two attached hydrogens (primary N) is 1. The standard InChI is InChI=1S/C15H15FN2O/c1-10-2-3-11(9-17)8-14(10)18-15(19)12-4-6-13(16)7-5-12/h2-8H,9,17H2,1H3,(H,18,19). The summed E-state index contributed by atoms with van der Waals surface area (Å²) in [6.07, 6.45) is 0. The van der Waals surface area contributed by atoms with Crippen LogP contribution in [0.4, 0.5) is 10.1 Å². The summed E-state index contributed by atoms with van der Waals surface area (Å²) in [5.74, 6) is -0.630. The van der Waals surface area contributed by atoms with Crippen molar-refractivity contribution in [2.75, 3.05) is 5.32 Å². The fraction of sp³-hybridized carbons (Fsp3) is 0.133. The zero-order chi connectivity index (χ0) is 13.8. The van der Waals surface area contributed by atoms with Crippen LogP contribution in [0.2, 0.25) is 0 Å². The zero-order valence-corrected chi connectivity index (χ0v) is 10.6. The first kappa shape index (κ1) is 13.2. The molecule has 2 rings (SSSR count). The molecule has 0 heterocycles. The molecule has 0 bridgehead atoms. The number of benzene rings is 2. The van der Waals surface area contributed by atoms with Gasteiger partial charge in [-0.15, -0.1) is 0 Å². The summed E-state index contributed by atoms with van der Waals surface area (Å²) in [7, 11) is 0. The van der Waals surface area contributed by atoms with Crippen LogP contribution < -0.4 is 11.1 Å². The van der Waals surface area contributed by atoms with E-state index >= 15 is 0 Å². The van der Waals surface area contributed by atoms with Crippen molar-refractivity contribution in [3.63, 3.8) is 0 Å². The predicted molar refractivity (Wildman–Crippen MR) is 73.4 cm³/mol. The van der Waals surface area contributed by atoms with Gasteiger partial charge in [0.05, 0.1) is 0 Å². The van der Waals surface area contributed by atoms with Gasteiger partial charge in [0.15, 0.2) is 0 Å². The number of hydrogen-bond donors (Lipinski definition) is 2. The normalized spacial score (nSPS) is 10.3. The maximum absolute atomic E-state index is 12.8. The SMILES string of the molecule is Cc1ccc(CN)cc1NC(=O)c1ccc(F)cc1. The van der Waals surface area contributed by atoms with E-state index in [2.05, 4.69) is 5.32 Å². The van der Waals surface area contributed by atoms with Crippen molar-refractivity contribution in [2.45, 2.75) is 13.5 Å². The van der Waals surface area contributed by atoms with Crippen LogP contribution in [0.1, 0.15) is 21.5 Å². The van der Waals surface area contributed by atoms with Crippen molar-refractivity contribution in [2.24, 2.45) is 5.73 Å². The molecule has 0 aliphatic rings. The molecule has 0 radical (unpaired) electrons. The van der Waals surface area contributed by atoms with Crippen LogP contribution in [-0.4, -0.2) is 5.91 Å². The van der Waals surface area contributed by atoms with Crippen molar-refractivity contribution in [3.05, 3.63) is 65.0 Å². The van der Waals surface area contributed by atoms with Gasteiger partial charge in [-0.3, -0.25) is 4.79 Å². The average Bonchev–Trinajstić information content (AvgIpc) is 2.42. The molecule has 0 fully saturated rings. The molecule has 19 heavy (non-hydrogen) atoms. The summed E-state index contributed by atoms with van der Waals surface area (Å²) < 4.78 is 12.8. The molecule has 0 saturated heterocycles. The third-order valence-electron chi connectivity index (χ3n) is 2.89. The van der Waals surface area contributed by atoms with E-state index in [1.54, 1.807) is 0 Å². The lowest BCUT2D eigenvalue weighted by Crippen LogP contribution is -2.13. The van der Waals surface area contributed by atoms with E-state index in [4.69, 9.17) is 5.73 Å². The Labute approximate surface area is 111 Å². The highest BCUT2D eigenvalue weighted by atomic mass is 19.1. The number of amides is 1. The van der Waals surface area contributed by atoms with E-state index in [9.17, 15) is 9.18 Å². The molecule has 0 atom stereocenters. The summed E-state index contributed by atoms with van der Waals surface area (Å²) in [6.45, 7) is 2.32. The molecule has 0 aromatic heterocycles. The molecular weight excluding hydrogens is 243 g/mol. The Balaban J connectivity index is 2.21. The van der Waals surface area contributed by atoms with Gasteiger partial charge in [0.2, 0.25) is 0 Å². The van der Waals surface area contributed by atoms with E-state index < -0.39 is 0 Å². The van der Waals surface area contributed by atoms with Gasteiger partial charge in [-0.05, 0) is 48.4 Å². The second-order valence-corrected chi connectivity index (χ2v) is 4.31. The van der Waals surface area contributed by atoms with Crippen LogP contribution in [-0.2, 0) is 6.54 Å². The quantitative estimate of drug-likeness (QED) is 0.889. The maximum atomic E-state index is 12.8. The monoisotopic (exact) mass is 258 g/mol. The van der Waals surface area contributed by atoms with Gasteiger partial charge in [0, 0.05) is 17.8 Å². The van der Waals surface area contributed by atoms with Crippen LogP contribution in [0.5, 0.6) is 0 Å². The average molecular weight is 258 g/mol. The summed E-state index contributed by atoms with van der Waals surface area (Å²) in [5.41, 5.74) is 8.60. The number of rotatable bonds is 3. The third-order valence-corrected chi connectivity index (χ3v) is 2.89. The minimum Gasteiger partial charge on any atom is -0.326 e. The molecule has 0 saturated carbocycles. The van der Waals surface area contributed by atoms with Crippen molar-refractivity contribution in [1.82, 2.24) is 0 Å². The lowest BCUT2D eigenvalue weighted by atomic mass is 10.1. The third kappa shape index (κ3) is 3.17. The first-order chi connectivity index (χ1) is 9.10. The van der Waals surface area contributed by atoms with Gasteiger partial charge >= 0.3 is 0 Å². The molecule has 2 aromatic carbocycles. The molecule has 98 valence electrons. The molecule has 4 heteroatoms. The topological polar surface area (TPSA) is 55.1 Å². The first-order valence-corrected chi connectivity index (χ1v) is 5.96. The fourth-order valence-corrected chi connectivity index (χ4v) is 1.73. The Bertz CT molecular complexity index is 594. The number of nitrogens with one attached hydrogen (secondary N) is 1. The molecule has 3 N–H and O–H groups in total. The molecule has 0 unspecified atom stereocenters. The minimum absolute atomic E-state index is 0.266. The Morgan fingerprint density at radius 3 is 2.53 bits per heavy atom. The van der Waals surface area contributed by atoms with Gasteiger partial charge in [0.25, 0.3) is 5.91 Å². The van der Waals surface area contributed by atoms with E-state index in [-0.39, 0.29) is 11.7 Å². The van der Waals surface area contributed by atoms with Crippen molar-refractivity contribution in [3.8, 4) is 0 Å². The number of carbonyl (C=O) groups excluding carboxylic acids is 1. The second-order valence-electron chi connectivity index (χ2n) is 4.31. The fourth-order valence-electron chi connectivity index (χ4n) is 1.73. The smallest absolute Gasteiger partial charge is 0.255 e. The highest BCUT2D eigenvalue weighted by Crippen LogP contribution is 2.17. The van der Waals surface area contributed by atoms with Gasteiger partial charge < -0.3 is 11.1 Å². The van der Waals surface area contributed by atoms with E-state index in [1.807, 2.05) is 25.1 Å². The van der Waals surface area contributed by atoms with Gasteiger partial charge in [-0.1, -0.05) is 12.1 Å². The second kappa shape index (κ2) is 5.63. The summed E-state index contributed by atoms with van der Waals surface area (Å²) in [5, 5.41) is 2.80. The molecular formula is C15H15FN2O. The van der Waals surface area contributed by atoms with Crippen molar-refractivity contribution < 1.29 is 9.18 Å². The summed E-state index contributed by atoms with van der Waals surface area (Å²) >= 11 is 0. The molecule has 0 aliphatic carbocycles. The minimum atomic E-state index is -0.363. The molecule has 1 amide bonds. The maximum Gasteiger partial charge on any atom is 0.255 e. The largest absolute Gasteiger partial charge is 0.326 e. The summed E-state index contributed by atoms with van der Waals surface area (Å²) in [4.78, 5) is 12.0. The number of carbonyl (C=O) groups is 1. The highest BCUT2D eigenvalue weighted by molar-refractivity contribution is 6.04. The highest BCUT2D eigenvalue weighted by Gasteiger charge is 2.08. The van der Waals surface area contributed by atoms with E-state index in [0.717, 1.165) is 16.8 Å². The Morgan fingerprint density at radius 1 is 1.21 bits per heavy atom. The lowest BCUT2D eigenvalue weighted by molar-refractivity contribution is 0.102. The van der Waals surface area contributed by atoms with Crippen LogP contribution in [0.25, 0.3) is 0 Å². The van der Waals surface area contributed by atoms with Crippen LogP contribution in [0, 0.1) is 12.7 Å². The van der Waals surface area contributed by atoms with Crippen LogP contribution in [0.3, 0.4) is 0 Å². The van der Waals surface area contributed by atoms with Crippen LogP contribution in [0.15, 0.2) is 42.5 Å². The number of halogens is 1. The van der Waals surface area contributed by atoms with E-state index in [0.29, 0.717) is 12.1 Å². The molecule has 3 nitrogen and oxygen atoms in total. The Morgan fingerprint density at radius 2 is 1.89 bits per heavy atom. The lowest BCUT2D eigenvalue weighted by Gasteiger charge is -2.10. The molecule has 0 aliphatic heterocycles. The predicted octanol–water partition coefficient (Wildman–Crippen LogP) is 2.85. The van der Waals surface area contributed by atoms with Crippen molar-refractivity contribution >= 4 is 11.6 Å². The number of hydrogen-bond acceptors (Lipinski definition) is 2. The Hall–Kier alpha value is -2.20. The van der Waals surface area contributed by atoms with Crippen molar-refractivity contribution in [1.29, 1.82) is 0 Å². The Kier molecular flexibility index (Phi) is 3.92.